The van der Waals surface area contributed by atoms with Crippen LogP contribution in [-0.4, -0.2) is 5.91 Å². The zero-order chi connectivity index (χ0) is 11.4. The molecular formula is C13H16ClNO. The minimum atomic E-state index is 0.166. The van der Waals surface area contributed by atoms with E-state index in [2.05, 4.69) is 5.32 Å². The second kappa shape index (κ2) is 5.35. The normalized spacial score (nSPS) is 14.8. The molecule has 86 valence electrons. The first-order valence-corrected chi connectivity index (χ1v) is 6.22. The zero-order valence-corrected chi connectivity index (χ0v) is 9.96. The Morgan fingerprint density at radius 1 is 1.38 bits per heavy atom. The van der Waals surface area contributed by atoms with Gasteiger partial charge in [0, 0.05) is 18.8 Å². The Labute approximate surface area is 101 Å². The molecule has 0 heterocycles. The second-order valence-corrected chi connectivity index (χ2v) is 4.65. The van der Waals surface area contributed by atoms with Crippen LogP contribution in [0.3, 0.4) is 0 Å². The fraction of sp³-hybridized carbons (Fsp3) is 0.462. The first-order valence-electron chi connectivity index (χ1n) is 5.68. The summed E-state index contributed by atoms with van der Waals surface area (Å²) >= 11 is 5.75. The second-order valence-electron chi connectivity index (χ2n) is 4.38. The molecule has 0 atom stereocenters. The van der Waals surface area contributed by atoms with Gasteiger partial charge in [-0.3, -0.25) is 4.79 Å². The molecule has 1 saturated carbocycles. The van der Waals surface area contributed by atoms with Gasteiger partial charge in [-0.1, -0.05) is 24.3 Å². The van der Waals surface area contributed by atoms with Crippen LogP contribution in [0.2, 0.25) is 0 Å². The number of amides is 1. The largest absolute Gasteiger partial charge is 0.352 e. The zero-order valence-electron chi connectivity index (χ0n) is 9.21. The van der Waals surface area contributed by atoms with E-state index in [0.717, 1.165) is 11.1 Å². The lowest BCUT2D eigenvalue weighted by Crippen LogP contribution is -2.22. The highest BCUT2D eigenvalue weighted by Gasteiger charge is 2.23. The van der Waals surface area contributed by atoms with E-state index in [1.54, 1.807) is 0 Å². The van der Waals surface area contributed by atoms with Crippen molar-refractivity contribution in [3.8, 4) is 0 Å². The first-order chi connectivity index (χ1) is 7.78. The fourth-order valence-electron chi connectivity index (χ4n) is 1.68. The van der Waals surface area contributed by atoms with Gasteiger partial charge >= 0.3 is 0 Å². The summed E-state index contributed by atoms with van der Waals surface area (Å²) in [4.78, 5) is 11.5. The van der Waals surface area contributed by atoms with Crippen molar-refractivity contribution in [3.05, 3.63) is 35.4 Å². The lowest BCUT2D eigenvalue weighted by atomic mass is 10.1. The van der Waals surface area contributed by atoms with Crippen LogP contribution in [0.5, 0.6) is 0 Å². The van der Waals surface area contributed by atoms with Gasteiger partial charge in [-0.25, -0.2) is 0 Å². The van der Waals surface area contributed by atoms with Crippen molar-refractivity contribution < 1.29 is 4.79 Å². The third-order valence-corrected chi connectivity index (χ3v) is 3.11. The molecule has 1 aromatic rings. The standard InChI is InChI=1S/C13H16ClNO/c14-8-11-2-1-3-12(6-11)9-15-13(16)7-10-4-5-10/h1-3,6,10H,4-5,7-9H2,(H,15,16). The smallest absolute Gasteiger partial charge is 0.220 e. The molecule has 1 aliphatic rings. The summed E-state index contributed by atoms with van der Waals surface area (Å²) in [5.41, 5.74) is 2.21. The summed E-state index contributed by atoms with van der Waals surface area (Å²) in [5.74, 6) is 1.33. The van der Waals surface area contributed by atoms with Crippen molar-refractivity contribution >= 4 is 17.5 Å². The molecule has 0 unspecified atom stereocenters. The number of carbonyl (C=O) groups is 1. The minimum Gasteiger partial charge on any atom is -0.352 e. The molecule has 1 fully saturated rings. The molecule has 3 heteroatoms. The van der Waals surface area contributed by atoms with Gasteiger partial charge in [0.15, 0.2) is 0 Å². The number of nitrogens with one attached hydrogen (secondary N) is 1. The van der Waals surface area contributed by atoms with Crippen molar-refractivity contribution in [2.24, 2.45) is 5.92 Å². The van der Waals surface area contributed by atoms with E-state index in [0.29, 0.717) is 24.8 Å². The number of benzene rings is 1. The number of hydrogen-bond acceptors (Lipinski definition) is 1. The van der Waals surface area contributed by atoms with Gasteiger partial charge in [-0.15, -0.1) is 11.6 Å². The van der Waals surface area contributed by atoms with Crippen molar-refractivity contribution in [1.82, 2.24) is 5.32 Å². The van der Waals surface area contributed by atoms with Crippen molar-refractivity contribution in [2.45, 2.75) is 31.7 Å². The molecule has 0 saturated heterocycles. The molecule has 1 amide bonds. The molecule has 2 nitrogen and oxygen atoms in total. The van der Waals surface area contributed by atoms with Gasteiger partial charge in [-0.05, 0) is 29.9 Å². The summed E-state index contributed by atoms with van der Waals surface area (Å²) in [7, 11) is 0. The Kier molecular flexibility index (Phi) is 3.83. The van der Waals surface area contributed by atoms with Crippen LogP contribution in [-0.2, 0) is 17.2 Å². The maximum Gasteiger partial charge on any atom is 0.220 e. The summed E-state index contributed by atoms with van der Waals surface area (Å²) in [6, 6.07) is 8.00. The molecule has 16 heavy (non-hydrogen) atoms. The van der Waals surface area contributed by atoms with E-state index in [1.807, 2.05) is 24.3 Å². The van der Waals surface area contributed by atoms with E-state index in [1.165, 1.54) is 12.8 Å². The van der Waals surface area contributed by atoms with E-state index in [9.17, 15) is 4.79 Å². The van der Waals surface area contributed by atoms with Gasteiger partial charge in [0.1, 0.15) is 0 Å². The average Bonchev–Trinajstić information content (AvgIpc) is 3.10. The van der Waals surface area contributed by atoms with Crippen LogP contribution in [0.1, 0.15) is 30.4 Å². The lowest BCUT2D eigenvalue weighted by molar-refractivity contribution is -0.121. The predicted octanol–water partition coefficient (Wildman–Crippen LogP) is 2.84. The number of halogens is 1. The summed E-state index contributed by atoms with van der Waals surface area (Å²) in [5, 5.41) is 2.94. The molecule has 0 spiro atoms. The Morgan fingerprint density at radius 2 is 2.12 bits per heavy atom. The Hall–Kier alpha value is -1.02. The topological polar surface area (TPSA) is 29.1 Å². The van der Waals surface area contributed by atoms with Crippen molar-refractivity contribution in [3.63, 3.8) is 0 Å². The van der Waals surface area contributed by atoms with E-state index in [-0.39, 0.29) is 5.91 Å². The van der Waals surface area contributed by atoms with Crippen LogP contribution in [0.15, 0.2) is 24.3 Å². The Morgan fingerprint density at radius 3 is 2.81 bits per heavy atom. The number of alkyl halides is 1. The third-order valence-electron chi connectivity index (χ3n) is 2.81. The fourth-order valence-corrected chi connectivity index (χ4v) is 1.85. The van der Waals surface area contributed by atoms with E-state index < -0.39 is 0 Å². The van der Waals surface area contributed by atoms with Crippen LogP contribution in [0.25, 0.3) is 0 Å². The number of carbonyl (C=O) groups excluding carboxylic acids is 1. The Balaban J connectivity index is 1.80. The maximum absolute atomic E-state index is 11.5. The highest BCUT2D eigenvalue weighted by molar-refractivity contribution is 6.17. The Bertz CT molecular complexity index is 374. The highest BCUT2D eigenvalue weighted by Crippen LogP contribution is 2.32. The van der Waals surface area contributed by atoms with E-state index in [4.69, 9.17) is 11.6 Å². The van der Waals surface area contributed by atoms with Gasteiger partial charge in [0.2, 0.25) is 5.91 Å². The average molecular weight is 238 g/mol. The van der Waals surface area contributed by atoms with Gasteiger partial charge in [0.25, 0.3) is 0 Å². The SMILES string of the molecule is O=C(CC1CC1)NCc1cccc(CCl)c1. The van der Waals surface area contributed by atoms with E-state index >= 15 is 0 Å². The molecule has 0 bridgehead atoms. The number of hydrogen-bond donors (Lipinski definition) is 1. The highest BCUT2D eigenvalue weighted by atomic mass is 35.5. The molecule has 1 aliphatic carbocycles. The molecule has 0 radical (unpaired) electrons. The summed E-state index contributed by atoms with van der Waals surface area (Å²) < 4.78 is 0. The molecule has 2 rings (SSSR count). The third kappa shape index (κ3) is 3.53. The molecular weight excluding hydrogens is 222 g/mol. The van der Waals surface area contributed by atoms with Crippen LogP contribution in [0.4, 0.5) is 0 Å². The van der Waals surface area contributed by atoms with Crippen molar-refractivity contribution in [2.75, 3.05) is 0 Å². The van der Waals surface area contributed by atoms with Crippen LogP contribution < -0.4 is 5.32 Å². The first kappa shape index (κ1) is 11.5. The van der Waals surface area contributed by atoms with Crippen LogP contribution >= 0.6 is 11.6 Å². The maximum atomic E-state index is 11.5. The molecule has 1 N–H and O–H groups in total. The van der Waals surface area contributed by atoms with Gasteiger partial charge < -0.3 is 5.32 Å². The summed E-state index contributed by atoms with van der Waals surface area (Å²) in [6.45, 7) is 0.607. The molecule has 1 aromatic carbocycles. The minimum absolute atomic E-state index is 0.166. The lowest BCUT2D eigenvalue weighted by Gasteiger charge is -2.05. The number of rotatable bonds is 5. The van der Waals surface area contributed by atoms with Gasteiger partial charge in [-0.2, -0.15) is 0 Å². The van der Waals surface area contributed by atoms with Crippen LogP contribution in [0, 0.1) is 5.92 Å². The molecule has 0 aromatic heterocycles. The monoisotopic (exact) mass is 237 g/mol. The summed E-state index contributed by atoms with van der Waals surface area (Å²) in [6.07, 6.45) is 3.12. The molecule has 0 aliphatic heterocycles. The van der Waals surface area contributed by atoms with Gasteiger partial charge in [0.05, 0.1) is 0 Å². The van der Waals surface area contributed by atoms with Crippen molar-refractivity contribution in [1.29, 1.82) is 0 Å². The predicted molar refractivity (Wildman–Crippen MR) is 65.2 cm³/mol. The quantitative estimate of drug-likeness (QED) is 0.784.